The van der Waals surface area contributed by atoms with Crippen LogP contribution in [0.2, 0.25) is 0 Å². The van der Waals surface area contributed by atoms with Crippen molar-refractivity contribution in [3.8, 4) is 22.8 Å². The molecule has 32 heavy (non-hydrogen) atoms. The van der Waals surface area contributed by atoms with Gasteiger partial charge in [-0.2, -0.15) is 5.10 Å². The summed E-state index contributed by atoms with van der Waals surface area (Å²) in [6.45, 7) is 0. The number of amides is 1. The molecular formula is C21H18N5O5S-. The first-order chi connectivity index (χ1) is 15.3. The van der Waals surface area contributed by atoms with E-state index in [-0.39, 0.29) is 17.1 Å². The number of hydrogen-bond donors (Lipinski definition) is 3. The Labute approximate surface area is 184 Å². The molecule has 0 spiro atoms. The fourth-order valence-electron chi connectivity index (χ4n) is 3.22. The van der Waals surface area contributed by atoms with Crippen LogP contribution in [-0.2, 0) is 18.1 Å². The number of nitrogens with one attached hydrogen (secondary N) is 2. The highest BCUT2D eigenvalue weighted by Gasteiger charge is 2.19. The van der Waals surface area contributed by atoms with Gasteiger partial charge in [-0.05, 0) is 47.5 Å². The zero-order valence-corrected chi connectivity index (χ0v) is 17.6. The van der Waals surface area contributed by atoms with Crippen molar-refractivity contribution in [2.24, 2.45) is 12.8 Å². The number of hydrogen-bond acceptors (Lipinski definition) is 7. The number of H-pyrrole nitrogens is 1. The smallest absolute Gasteiger partial charge is 0.290 e. The summed E-state index contributed by atoms with van der Waals surface area (Å²) in [4.78, 5) is 27.0. The molecule has 4 N–H and O–H groups in total. The van der Waals surface area contributed by atoms with E-state index in [0.29, 0.717) is 33.8 Å². The number of primary amides is 1. The molecule has 0 aliphatic heterocycles. The fourth-order valence-corrected chi connectivity index (χ4v) is 3.51. The normalized spacial score (nSPS) is 11.9. The van der Waals surface area contributed by atoms with Crippen LogP contribution in [0.1, 0.15) is 10.5 Å². The lowest BCUT2D eigenvalue weighted by Crippen LogP contribution is -2.20. The van der Waals surface area contributed by atoms with Crippen molar-refractivity contribution in [1.29, 1.82) is 0 Å². The van der Waals surface area contributed by atoms with Gasteiger partial charge in [-0.15, -0.1) is 0 Å². The van der Waals surface area contributed by atoms with Gasteiger partial charge in [0, 0.05) is 23.7 Å². The summed E-state index contributed by atoms with van der Waals surface area (Å²) in [6.07, 6.45) is 0. The second-order valence-corrected chi connectivity index (χ2v) is 7.76. The van der Waals surface area contributed by atoms with Crippen molar-refractivity contribution in [2.45, 2.75) is 0 Å². The highest BCUT2D eigenvalue weighted by Crippen LogP contribution is 2.37. The molecule has 0 aliphatic carbocycles. The molecule has 1 atom stereocenters. The molecule has 0 saturated carbocycles. The molecule has 11 heteroatoms. The monoisotopic (exact) mass is 452 g/mol. The zero-order valence-electron chi connectivity index (χ0n) is 16.8. The van der Waals surface area contributed by atoms with Gasteiger partial charge in [0.15, 0.2) is 0 Å². The lowest BCUT2D eigenvalue weighted by Gasteiger charge is -2.15. The zero-order chi connectivity index (χ0) is 22.8. The van der Waals surface area contributed by atoms with Gasteiger partial charge in [-0.25, -0.2) is 4.68 Å². The number of benzene rings is 2. The van der Waals surface area contributed by atoms with E-state index in [1.54, 1.807) is 30.3 Å². The summed E-state index contributed by atoms with van der Waals surface area (Å²) in [5.41, 5.74) is 6.51. The number of ether oxygens (including phenoxy) is 1. The largest absolute Gasteiger partial charge is 0.771 e. The van der Waals surface area contributed by atoms with E-state index in [1.165, 1.54) is 13.1 Å². The molecule has 10 nitrogen and oxygen atoms in total. The minimum Gasteiger partial charge on any atom is -0.771 e. The Hall–Kier alpha value is -3.96. The highest BCUT2D eigenvalue weighted by atomic mass is 32.2. The maximum atomic E-state index is 12.6. The van der Waals surface area contributed by atoms with Gasteiger partial charge in [-0.1, -0.05) is 18.2 Å². The van der Waals surface area contributed by atoms with E-state index < -0.39 is 22.5 Å². The minimum absolute atomic E-state index is 0.0629. The molecule has 0 saturated heterocycles. The summed E-state index contributed by atoms with van der Waals surface area (Å²) in [6, 6.07) is 15.5. The van der Waals surface area contributed by atoms with Crippen molar-refractivity contribution in [3.63, 3.8) is 0 Å². The van der Waals surface area contributed by atoms with Crippen LogP contribution < -0.4 is 21.3 Å². The summed E-state index contributed by atoms with van der Waals surface area (Å²) in [7, 11) is 1.48. The molecule has 4 aromatic rings. The Morgan fingerprint density at radius 3 is 2.69 bits per heavy atom. The third-order valence-electron chi connectivity index (χ3n) is 4.70. The maximum absolute atomic E-state index is 12.6. The van der Waals surface area contributed by atoms with Gasteiger partial charge in [0.05, 0.1) is 5.88 Å². The molecule has 0 radical (unpaired) electrons. The molecule has 2 aromatic carbocycles. The molecule has 0 bridgehead atoms. The Morgan fingerprint density at radius 1 is 1.25 bits per heavy atom. The first-order valence-corrected chi connectivity index (χ1v) is 10.6. The minimum atomic E-state index is -2.29. The highest BCUT2D eigenvalue weighted by molar-refractivity contribution is 7.79. The van der Waals surface area contributed by atoms with E-state index in [4.69, 9.17) is 10.5 Å². The third kappa shape index (κ3) is 4.24. The van der Waals surface area contributed by atoms with Gasteiger partial charge in [0.25, 0.3) is 11.5 Å². The number of fused-ring (bicyclic) bond motifs is 1. The molecule has 2 aromatic heterocycles. The van der Waals surface area contributed by atoms with Crippen molar-refractivity contribution >= 4 is 33.6 Å². The van der Waals surface area contributed by atoms with Crippen molar-refractivity contribution in [1.82, 2.24) is 14.8 Å². The number of rotatable bonds is 7. The fraction of sp³-hybridized carbons (Fsp3) is 0.0952. The van der Waals surface area contributed by atoms with Crippen molar-refractivity contribution < 1.29 is 18.3 Å². The summed E-state index contributed by atoms with van der Waals surface area (Å²) >= 11 is -2.29. The van der Waals surface area contributed by atoms with Crippen LogP contribution in [0.4, 0.5) is 5.69 Å². The number of anilines is 1. The van der Waals surface area contributed by atoms with Gasteiger partial charge >= 0.3 is 0 Å². The number of aryl methyl sites for hydroxylation is 1. The van der Waals surface area contributed by atoms with Gasteiger partial charge in [0.1, 0.15) is 28.4 Å². The quantitative estimate of drug-likeness (QED) is 0.362. The number of aromatic nitrogens is 3. The standard InChI is InChI=1S/C21H19N5O5S/c1-26-21(28)19-15(10-16(24-19)20(22)27)18(25-26)14-9-12(23-11-32(29)30)7-8-17(14)31-13-5-3-2-4-6-13/h2-10,23-24H,11H2,1H3,(H2,22,27)(H,29,30)/p-1. The topological polar surface area (TPSA) is 155 Å². The second-order valence-electron chi connectivity index (χ2n) is 6.86. The van der Waals surface area contributed by atoms with Crippen LogP contribution >= 0.6 is 0 Å². The maximum Gasteiger partial charge on any atom is 0.290 e. The van der Waals surface area contributed by atoms with Crippen LogP contribution in [0, 0.1) is 0 Å². The first kappa shape index (κ1) is 21.3. The molecule has 0 fully saturated rings. The van der Waals surface area contributed by atoms with E-state index in [9.17, 15) is 18.4 Å². The Kier molecular flexibility index (Phi) is 5.75. The second kappa shape index (κ2) is 8.65. The number of carbonyl (C=O) groups excluding carboxylic acids is 1. The average Bonchev–Trinajstić information content (AvgIpc) is 3.22. The van der Waals surface area contributed by atoms with E-state index in [0.717, 1.165) is 4.68 Å². The summed E-state index contributed by atoms with van der Waals surface area (Å²) < 4.78 is 29.1. The van der Waals surface area contributed by atoms with Crippen molar-refractivity contribution in [2.75, 3.05) is 11.2 Å². The Morgan fingerprint density at radius 2 is 2.00 bits per heavy atom. The lowest BCUT2D eigenvalue weighted by molar-refractivity contribution is 0.0996. The number of nitrogens with two attached hydrogens (primary N) is 1. The Balaban J connectivity index is 1.93. The molecular weight excluding hydrogens is 434 g/mol. The van der Waals surface area contributed by atoms with Crippen LogP contribution in [0.5, 0.6) is 11.5 Å². The summed E-state index contributed by atoms with van der Waals surface area (Å²) in [5.74, 6) is -0.0182. The SMILES string of the molecule is Cn1nc(-c2cc(NCS(=O)[O-])ccc2Oc2ccccc2)c2cc(C(N)=O)[nH]c2c1=O. The van der Waals surface area contributed by atoms with Gasteiger partial charge in [-0.3, -0.25) is 13.8 Å². The van der Waals surface area contributed by atoms with Gasteiger partial charge in [0.2, 0.25) is 0 Å². The predicted molar refractivity (Wildman–Crippen MR) is 119 cm³/mol. The van der Waals surface area contributed by atoms with E-state index in [1.807, 2.05) is 18.2 Å². The van der Waals surface area contributed by atoms with E-state index in [2.05, 4.69) is 15.4 Å². The molecule has 1 unspecified atom stereocenters. The molecule has 164 valence electrons. The summed E-state index contributed by atoms with van der Waals surface area (Å²) in [5, 5.41) is 7.56. The molecule has 2 heterocycles. The average molecular weight is 452 g/mol. The number of aromatic amines is 1. The van der Waals surface area contributed by atoms with E-state index >= 15 is 0 Å². The van der Waals surface area contributed by atoms with Crippen LogP contribution in [-0.4, -0.2) is 35.3 Å². The number of para-hydroxylation sites is 1. The molecule has 0 aliphatic rings. The predicted octanol–water partition coefficient (Wildman–Crippen LogP) is 2.07. The number of carbonyl (C=O) groups is 1. The lowest BCUT2D eigenvalue weighted by atomic mass is 10.1. The Bertz CT molecular complexity index is 1400. The van der Waals surface area contributed by atoms with Crippen LogP contribution in [0.15, 0.2) is 59.4 Å². The molecule has 1 amide bonds. The number of nitrogens with zero attached hydrogens (tertiary/aromatic N) is 2. The molecule has 4 rings (SSSR count). The third-order valence-corrected chi connectivity index (χ3v) is 5.08. The van der Waals surface area contributed by atoms with Crippen LogP contribution in [0.25, 0.3) is 22.2 Å². The first-order valence-electron chi connectivity index (χ1n) is 9.40. The van der Waals surface area contributed by atoms with Crippen molar-refractivity contribution in [3.05, 3.63) is 70.6 Å². The van der Waals surface area contributed by atoms with Crippen LogP contribution in [0.3, 0.4) is 0 Å². The van der Waals surface area contributed by atoms with Gasteiger partial charge < -0.3 is 25.3 Å².